The molecule has 0 radical (unpaired) electrons. The minimum atomic E-state index is -0.901. The van der Waals surface area contributed by atoms with E-state index in [0.717, 1.165) is 49.9 Å². The van der Waals surface area contributed by atoms with Crippen LogP contribution in [0.2, 0.25) is 0 Å². The van der Waals surface area contributed by atoms with Gasteiger partial charge in [-0.05, 0) is 87.9 Å². The number of nitrogens with one attached hydrogen (secondary N) is 2. The van der Waals surface area contributed by atoms with E-state index in [1.165, 1.54) is 26.4 Å². The number of carbonyl (C=O) groups excluding carboxylic acids is 3. The molecule has 0 unspecified atom stereocenters. The number of hydrogen-bond donors (Lipinski definition) is 2. The lowest BCUT2D eigenvalue weighted by Gasteiger charge is -2.55. The van der Waals surface area contributed by atoms with Gasteiger partial charge in [-0.2, -0.15) is 0 Å². The summed E-state index contributed by atoms with van der Waals surface area (Å²) in [7, 11) is 1.37. The van der Waals surface area contributed by atoms with Crippen molar-refractivity contribution in [3.63, 3.8) is 0 Å². The summed E-state index contributed by atoms with van der Waals surface area (Å²) < 4.78 is 4.99. The Morgan fingerprint density at radius 3 is 2.03 bits per heavy atom. The van der Waals surface area contributed by atoms with Gasteiger partial charge in [0.25, 0.3) is 0 Å². The minimum Gasteiger partial charge on any atom is -0.467 e. The summed E-state index contributed by atoms with van der Waals surface area (Å²) in [5.41, 5.74) is -1.08. The van der Waals surface area contributed by atoms with E-state index < -0.39 is 5.54 Å². The third-order valence-electron chi connectivity index (χ3n) is 8.24. The van der Waals surface area contributed by atoms with Crippen LogP contribution < -0.4 is 10.6 Å². The maximum absolute atomic E-state index is 13.0. The van der Waals surface area contributed by atoms with E-state index in [1.54, 1.807) is 0 Å². The molecule has 5 saturated carbocycles. The van der Waals surface area contributed by atoms with Gasteiger partial charge in [0.15, 0.2) is 0 Å². The third-order valence-corrected chi connectivity index (χ3v) is 8.24. The van der Waals surface area contributed by atoms with Crippen molar-refractivity contribution in [2.75, 3.05) is 13.7 Å². The molecule has 0 spiro atoms. The van der Waals surface area contributed by atoms with Gasteiger partial charge in [0.1, 0.15) is 5.54 Å². The highest BCUT2D eigenvalue weighted by molar-refractivity contribution is 5.88. The van der Waals surface area contributed by atoms with Gasteiger partial charge in [-0.25, -0.2) is 4.79 Å². The second kappa shape index (κ2) is 7.92. The predicted octanol–water partition coefficient (Wildman–Crippen LogP) is 2.95. The molecule has 4 bridgehead atoms. The molecule has 0 aliphatic heterocycles. The van der Waals surface area contributed by atoms with Crippen molar-refractivity contribution in [1.29, 1.82) is 0 Å². The number of ether oxygens (including phenoxy) is 1. The zero-order chi connectivity index (χ0) is 20.6. The van der Waals surface area contributed by atoms with Crippen LogP contribution in [0.3, 0.4) is 0 Å². The lowest BCUT2D eigenvalue weighted by atomic mass is 9.49. The third kappa shape index (κ3) is 4.04. The average Bonchev–Trinajstić information content (AvgIpc) is 2.68. The van der Waals surface area contributed by atoms with Crippen LogP contribution in [0, 0.1) is 29.1 Å². The first-order valence-corrected chi connectivity index (χ1v) is 11.5. The van der Waals surface area contributed by atoms with Crippen LogP contribution in [-0.2, 0) is 19.1 Å². The van der Waals surface area contributed by atoms with Crippen LogP contribution in [0.1, 0.15) is 77.6 Å². The molecule has 162 valence electrons. The second-order valence-electron chi connectivity index (χ2n) is 10.5. The lowest BCUT2D eigenvalue weighted by Crippen LogP contribution is -2.57. The Morgan fingerprint density at radius 2 is 1.52 bits per heavy atom. The molecule has 0 aromatic carbocycles. The van der Waals surface area contributed by atoms with Crippen molar-refractivity contribution >= 4 is 17.8 Å². The highest BCUT2D eigenvalue weighted by Crippen LogP contribution is 2.60. The second-order valence-corrected chi connectivity index (χ2v) is 10.5. The number of methoxy groups -OCH3 is 1. The molecule has 2 N–H and O–H groups in total. The van der Waals surface area contributed by atoms with Gasteiger partial charge >= 0.3 is 5.97 Å². The SMILES string of the molecule is COC(=O)C1(NC(=O)CCNC(=O)C23CC4CC(CC(C4)C2)C3)CCC(C)CC1. The van der Waals surface area contributed by atoms with Crippen molar-refractivity contribution in [3.8, 4) is 0 Å². The van der Waals surface area contributed by atoms with E-state index in [4.69, 9.17) is 4.74 Å². The minimum absolute atomic E-state index is 0.151. The molecular formula is C23H36N2O4. The van der Waals surface area contributed by atoms with E-state index in [0.29, 0.717) is 25.3 Å². The average molecular weight is 405 g/mol. The van der Waals surface area contributed by atoms with Gasteiger partial charge in [-0.3, -0.25) is 9.59 Å². The first kappa shape index (κ1) is 20.7. The predicted molar refractivity (Wildman–Crippen MR) is 109 cm³/mol. The summed E-state index contributed by atoms with van der Waals surface area (Å²) in [5.74, 6) is 2.35. The van der Waals surface area contributed by atoms with Crippen molar-refractivity contribution < 1.29 is 19.1 Å². The zero-order valence-corrected chi connectivity index (χ0v) is 17.9. The van der Waals surface area contributed by atoms with E-state index in [9.17, 15) is 14.4 Å². The molecule has 0 saturated heterocycles. The fourth-order valence-electron chi connectivity index (χ4n) is 7.03. The van der Waals surface area contributed by atoms with E-state index >= 15 is 0 Å². The molecule has 5 aliphatic carbocycles. The van der Waals surface area contributed by atoms with E-state index in [-0.39, 0.29) is 29.6 Å². The number of hydrogen-bond acceptors (Lipinski definition) is 4. The first-order chi connectivity index (χ1) is 13.8. The molecule has 2 amide bonds. The Morgan fingerprint density at radius 1 is 0.966 bits per heavy atom. The quantitative estimate of drug-likeness (QED) is 0.667. The fourth-order valence-corrected chi connectivity index (χ4v) is 7.03. The molecule has 5 aliphatic rings. The summed E-state index contributed by atoms with van der Waals surface area (Å²) in [4.78, 5) is 37.9. The number of amides is 2. The Labute approximate surface area is 173 Å². The molecule has 29 heavy (non-hydrogen) atoms. The molecule has 6 heteroatoms. The summed E-state index contributed by atoms with van der Waals surface area (Å²) in [5, 5.41) is 6.00. The molecular weight excluding hydrogens is 368 g/mol. The smallest absolute Gasteiger partial charge is 0.331 e. The normalized spacial score (nSPS) is 40.3. The Balaban J connectivity index is 1.28. The molecule has 0 atom stereocenters. The van der Waals surface area contributed by atoms with Gasteiger partial charge in [0.2, 0.25) is 11.8 Å². The summed E-state index contributed by atoms with van der Waals surface area (Å²) in [6, 6.07) is 0. The molecule has 5 fully saturated rings. The van der Waals surface area contributed by atoms with Gasteiger partial charge in [-0.1, -0.05) is 6.92 Å². The van der Waals surface area contributed by atoms with Gasteiger partial charge in [0.05, 0.1) is 7.11 Å². The van der Waals surface area contributed by atoms with Crippen molar-refractivity contribution in [2.45, 2.75) is 83.1 Å². The largest absolute Gasteiger partial charge is 0.467 e. The van der Waals surface area contributed by atoms with Crippen LogP contribution in [0.15, 0.2) is 0 Å². The fraction of sp³-hybridized carbons (Fsp3) is 0.870. The zero-order valence-electron chi connectivity index (χ0n) is 17.9. The molecule has 0 aromatic heterocycles. The molecule has 5 rings (SSSR count). The van der Waals surface area contributed by atoms with Crippen LogP contribution >= 0.6 is 0 Å². The van der Waals surface area contributed by atoms with Crippen LogP contribution in [0.25, 0.3) is 0 Å². The Kier molecular flexibility index (Phi) is 5.64. The van der Waals surface area contributed by atoms with Gasteiger partial charge in [0, 0.05) is 18.4 Å². The van der Waals surface area contributed by atoms with Crippen LogP contribution in [-0.4, -0.2) is 37.0 Å². The standard InChI is InChI=1S/C23H36N2O4/c1-15-3-6-23(7-4-15,21(28)29-2)25-19(26)5-8-24-20(27)22-12-16-9-17(13-22)11-18(10-16)14-22/h15-18H,3-14H2,1-2H3,(H,24,27)(H,25,26). The van der Waals surface area contributed by atoms with Crippen molar-refractivity contribution in [2.24, 2.45) is 29.1 Å². The molecule has 6 nitrogen and oxygen atoms in total. The Bertz CT molecular complexity index is 631. The van der Waals surface area contributed by atoms with Crippen molar-refractivity contribution in [3.05, 3.63) is 0 Å². The molecule has 0 aromatic rings. The van der Waals surface area contributed by atoms with Gasteiger partial charge in [-0.15, -0.1) is 0 Å². The number of esters is 1. The Hall–Kier alpha value is -1.59. The number of rotatable bonds is 6. The lowest BCUT2D eigenvalue weighted by molar-refractivity contribution is -0.153. The van der Waals surface area contributed by atoms with Crippen LogP contribution in [0.4, 0.5) is 0 Å². The number of carbonyl (C=O) groups is 3. The maximum atomic E-state index is 13.0. The van der Waals surface area contributed by atoms with Gasteiger partial charge < -0.3 is 15.4 Å². The van der Waals surface area contributed by atoms with Crippen molar-refractivity contribution in [1.82, 2.24) is 10.6 Å². The topological polar surface area (TPSA) is 84.5 Å². The van der Waals surface area contributed by atoms with E-state index in [1.807, 2.05) is 0 Å². The summed E-state index contributed by atoms with van der Waals surface area (Å²) >= 11 is 0. The highest BCUT2D eigenvalue weighted by Gasteiger charge is 2.54. The summed E-state index contributed by atoms with van der Waals surface area (Å²) in [6.07, 6.45) is 10.2. The highest BCUT2D eigenvalue weighted by atomic mass is 16.5. The molecule has 0 heterocycles. The monoisotopic (exact) mass is 404 g/mol. The first-order valence-electron chi connectivity index (χ1n) is 11.5. The maximum Gasteiger partial charge on any atom is 0.331 e. The summed E-state index contributed by atoms with van der Waals surface area (Å²) in [6.45, 7) is 2.50. The van der Waals surface area contributed by atoms with Crippen LogP contribution in [0.5, 0.6) is 0 Å². The van der Waals surface area contributed by atoms with E-state index in [2.05, 4.69) is 17.6 Å².